The molecule has 2 aliphatic heterocycles. The average molecular weight is 337 g/mol. The van der Waals surface area contributed by atoms with E-state index in [1.54, 1.807) is 0 Å². The van der Waals surface area contributed by atoms with E-state index >= 15 is 0 Å². The quantitative estimate of drug-likeness (QED) is 0.900. The SMILES string of the molecule is O=C(c1ccccc1Br)N1CCC(C2CCNC2)CC1. The molecule has 3 rings (SSSR count). The fourth-order valence-electron chi connectivity index (χ4n) is 3.46. The Bertz CT molecular complexity index is 477. The molecule has 20 heavy (non-hydrogen) atoms. The molecule has 1 atom stereocenters. The van der Waals surface area contributed by atoms with Gasteiger partial charge in [-0.25, -0.2) is 0 Å². The van der Waals surface area contributed by atoms with Crippen LogP contribution in [-0.2, 0) is 0 Å². The fraction of sp³-hybridized carbons (Fsp3) is 0.562. The lowest BCUT2D eigenvalue weighted by Gasteiger charge is -2.34. The van der Waals surface area contributed by atoms with Crippen molar-refractivity contribution in [2.24, 2.45) is 11.8 Å². The number of carbonyl (C=O) groups is 1. The maximum absolute atomic E-state index is 12.5. The molecule has 0 aromatic heterocycles. The predicted molar refractivity (Wildman–Crippen MR) is 83.7 cm³/mol. The lowest BCUT2D eigenvalue weighted by Crippen LogP contribution is -2.40. The average Bonchev–Trinajstić information content (AvgIpc) is 3.01. The van der Waals surface area contributed by atoms with E-state index in [1.165, 1.54) is 19.5 Å². The molecule has 0 radical (unpaired) electrons. The van der Waals surface area contributed by atoms with Gasteiger partial charge in [0.1, 0.15) is 0 Å². The van der Waals surface area contributed by atoms with Gasteiger partial charge in [0.25, 0.3) is 5.91 Å². The van der Waals surface area contributed by atoms with Gasteiger partial charge in [-0.1, -0.05) is 12.1 Å². The highest BCUT2D eigenvalue weighted by molar-refractivity contribution is 9.10. The molecule has 0 bridgehead atoms. The van der Waals surface area contributed by atoms with Crippen LogP contribution >= 0.6 is 15.9 Å². The normalized spacial score (nSPS) is 24.1. The molecule has 2 fully saturated rings. The monoisotopic (exact) mass is 336 g/mol. The number of halogens is 1. The number of rotatable bonds is 2. The summed E-state index contributed by atoms with van der Waals surface area (Å²) in [6, 6.07) is 7.71. The smallest absolute Gasteiger partial charge is 0.254 e. The van der Waals surface area contributed by atoms with Crippen LogP contribution in [-0.4, -0.2) is 37.0 Å². The Hall–Kier alpha value is -0.870. The number of nitrogens with one attached hydrogen (secondary N) is 1. The summed E-state index contributed by atoms with van der Waals surface area (Å²) in [5.74, 6) is 1.80. The van der Waals surface area contributed by atoms with E-state index in [0.29, 0.717) is 0 Å². The zero-order valence-corrected chi connectivity index (χ0v) is 13.2. The third-order valence-corrected chi connectivity index (χ3v) is 5.39. The molecule has 2 heterocycles. The highest BCUT2D eigenvalue weighted by atomic mass is 79.9. The highest BCUT2D eigenvalue weighted by Gasteiger charge is 2.30. The zero-order valence-electron chi connectivity index (χ0n) is 11.6. The van der Waals surface area contributed by atoms with E-state index in [0.717, 1.165) is 47.8 Å². The van der Waals surface area contributed by atoms with E-state index in [-0.39, 0.29) is 5.91 Å². The number of benzene rings is 1. The lowest BCUT2D eigenvalue weighted by molar-refractivity contribution is 0.0662. The molecule has 3 nitrogen and oxygen atoms in total. The summed E-state index contributed by atoms with van der Waals surface area (Å²) in [7, 11) is 0. The lowest BCUT2D eigenvalue weighted by atomic mass is 9.83. The van der Waals surface area contributed by atoms with E-state index in [2.05, 4.69) is 21.2 Å². The second-order valence-corrected chi connectivity index (χ2v) is 6.72. The van der Waals surface area contributed by atoms with E-state index in [9.17, 15) is 4.79 Å². The first-order valence-corrected chi connectivity index (χ1v) is 8.29. The summed E-state index contributed by atoms with van der Waals surface area (Å²) >= 11 is 3.47. The molecule has 0 aliphatic carbocycles. The molecular weight excluding hydrogens is 316 g/mol. The van der Waals surface area contributed by atoms with Crippen molar-refractivity contribution in [1.82, 2.24) is 10.2 Å². The first-order valence-electron chi connectivity index (χ1n) is 7.50. The van der Waals surface area contributed by atoms with Crippen LogP contribution in [0.1, 0.15) is 29.6 Å². The van der Waals surface area contributed by atoms with Crippen molar-refractivity contribution < 1.29 is 4.79 Å². The molecule has 1 unspecified atom stereocenters. The Morgan fingerprint density at radius 1 is 1.15 bits per heavy atom. The molecule has 1 aromatic carbocycles. The number of hydrogen-bond acceptors (Lipinski definition) is 2. The summed E-state index contributed by atoms with van der Waals surface area (Å²) in [6.45, 7) is 4.15. The number of nitrogens with zero attached hydrogens (tertiary/aromatic N) is 1. The van der Waals surface area contributed by atoms with Crippen molar-refractivity contribution >= 4 is 21.8 Å². The van der Waals surface area contributed by atoms with Crippen LogP contribution in [0.15, 0.2) is 28.7 Å². The minimum atomic E-state index is 0.167. The largest absolute Gasteiger partial charge is 0.339 e. The van der Waals surface area contributed by atoms with Crippen molar-refractivity contribution in [3.8, 4) is 0 Å². The Morgan fingerprint density at radius 3 is 2.55 bits per heavy atom. The van der Waals surface area contributed by atoms with Gasteiger partial charge in [-0.2, -0.15) is 0 Å². The second kappa shape index (κ2) is 6.27. The maximum atomic E-state index is 12.5. The molecule has 1 aromatic rings. The van der Waals surface area contributed by atoms with Crippen LogP contribution in [0.5, 0.6) is 0 Å². The minimum absolute atomic E-state index is 0.167. The molecule has 2 aliphatic rings. The van der Waals surface area contributed by atoms with Gasteiger partial charge in [0.2, 0.25) is 0 Å². The van der Waals surface area contributed by atoms with Gasteiger partial charge in [-0.05, 0) is 72.3 Å². The van der Waals surface area contributed by atoms with Gasteiger partial charge in [0.05, 0.1) is 5.56 Å². The first kappa shape index (κ1) is 14.1. The minimum Gasteiger partial charge on any atom is -0.339 e. The fourth-order valence-corrected chi connectivity index (χ4v) is 3.91. The van der Waals surface area contributed by atoms with Crippen molar-refractivity contribution in [3.63, 3.8) is 0 Å². The summed E-state index contributed by atoms with van der Waals surface area (Å²) in [5, 5.41) is 3.45. The topological polar surface area (TPSA) is 32.3 Å². The Morgan fingerprint density at radius 2 is 1.90 bits per heavy atom. The molecule has 108 valence electrons. The summed E-state index contributed by atoms with van der Waals surface area (Å²) in [5.41, 5.74) is 0.786. The second-order valence-electron chi connectivity index (χ2n) is 5.86. The standard InChI is InChI=1S/C16H21BrN2O/c17-15-4-2-1-3-14(15)16(20)19-9-6-12(7-10-19)13-5-8-18-11-13/h1-4,12-13,18H,5-11H2. The molecule has 1 N–H and O–H groups in total. The first-order chi connectivity index (χ1) is 9.75. The third-order valence-electron chi connectivity index (χ3n) is 4.70. The highest BCUT2D eigenvalue weighted by Crippen LogP contribution is 2.30. The summed E-state index contributed by atoms with van der Waals surface area (Å²) < 4.78 is 0.895. The molecule has 4 heteroatoms. The van der Waals surface area contributed by atoms with Gasteiger partial charge in [0, 0.05) is 17.6 Å². The summed E-state index contributed by atoms with van der Waals surface area (Å²) in [6.07, 6.45) is 3.62. The van der Waals surface area contributed by atoms with Crippen LogP contribution in [0.4, 0.5) is 0 Å². The van der Waals surface area contributed by atoms with Crippen molar-refractivity contribution in [2.45, 2.75) is 19.3 Å². The van der Waals surface area contributed by atoms with Gasteiger partial charge < -0.3 is 10.2 Å². The van der Waals surface area contributed by atoms with Crippen LogP contribution in [0.2, 0.25) is 0 Å². The molecular formula is C16H21BrN2O. The molecule has 2 saturated heterocycles. The van der Waals surface area contributed by atoms with Crippen molar-refractivity contribution in [2.75, 3.05) is 26.2 Å². The van der Waals surface area contributed by atoms with E-state index < -0.39 is 0 Å². The van der Waals surface area contributed by atoms with E-state index in [4.69, 9.17) is 0 Å². The van der Waals surface area contributed by atoms with Crippen molar-refractivity contribution in [1.29, 1.82) is 0 Å². The number of hydrogen-bond donors (Lipinski definition) is 1. The maximum Gasteiger partial charge on any atom is 0.254 e. The molecule has 0 spiro atoms. The van der Waals surface area contributed by atoms with Crippen LogP contribution in [0.25, 0.3) is 0 Å². The number of piperidine rings is 1. The number of likely N-dealkylation sites (tertiary alicyclic amines) is 1. The van der Waals surface area contributed by atoms with Gasteiger partial charge in [0.15, 0.2) is 0 Å². The summed E-state index contributed by atoms with van der Waals surface area (Å²) in [4.78, 5) is 14.5. The van der Waals surface area contributed by atoms with Crippen molar-refractivity contribution in [3.05, 3.63) is 34.3 Å². The van der Waals surface area contributed by atoms with Gasteiger partial charge >= 0.3 is 0 Å². The number of carbonyl (C=O) groups excluding carboxylic acids is 1. The Kier molecular flexibility index (Phi) is 4.41. The van der Waals surface area contributed by atoms with Crippen LogP contribution < -0.4 is 5.32 Å². The van der Waals surface area contributed by atoms with E-state index in [1.807, 2.05) is 29.2 Å². The Labute approximate surface area is 128 Å². The Balaban J connectivity index is 1.60. The number of amides is 1. The third kappa shape index (κ3) is 2.91. The van der Waals surface area contributed by atoms with Crippen LogP contribution in [0.3, 0.4) is 0 Å². The molecule has 0 saturated carbocycles. The zero-order chi connectivity index (χ0) is 13.9. The van der Waals surface area contributed by atoms with Gasteiger partial charge in [-0.3, -0.25) is 4.79 Å². The molecule has 1 amide bonds. The van der Waals surface area contributed by atoms with Crippen LogP contribution in [0, 0.1) is 11.8 Å². The predicted octanol–water partition coefficient (Wildman–Crippen LogP) is 2.91. The van der Waals surface area contributed by atoms with Gasteiger partial charge in [-0.15, -0.1) is 0 Å².